The first-order valence-corrected chi connectivity index (χ1v) is 6.52. The van der Waals surface area contributed by atoms with Crippen LogP contribution in [0, 0.1) is 0 Å². The number of hydrogen-bond donors (Lipinski definition) is 0. The Labute approximate surface area is 117 Å². The van der Waals surface area contributed by atoms with Gasteiger partial charge >= 0.3 is 6.36 Å². The molecule has 0 saturated carbocycles. The minimum Gasteiger partial charge on any atom is -0.406 e. The number of nitrogens with zero attached hydrogens (tertiary/aromatic N) is 2. The van der Waals surface area contributed by atoms with Gasteiger partial charge in [-0.2, -0.15) is 0 Å². The van der Waals surface area contributed by atoms with Gasteiger partial charge < -0.3 is 9.64 Å². The van der Waals surface area contributed by atoms with Gasteiger partial charge in [0.1, 0.15) is 5.75 Å². The Balaban J connectivity index is 2.55. The zero-order valence-electron chi connectivity index (χ0n) is 12.1. The van der Waals surface area contributed by atoms with E-state index in [-0.39, 0.29) is 5.75 Å². The molecule has 0 N–H and O–H groups in total. The Bertz CT molecular complexity index is 390. The summed E-state index contributed by atoms with van der Waals surface area (Å²) < 4.78 is 40.0. The van der Waals surface area contributed by atoms with Crippen molar-refractivity contribution in [2.75, 3.05) is 33.7 Å². The highest BCUT2D eigenvalue weighted by Gasteiger charge is 2.30. The average molecular weight is 290 g/mol. The molecule has 0 aromatic heterocycles. The molecule has 0 bridgehead atoms. The summed E-state index contributed by atoms with van der Waals surface area (Å²) >= 11 is 0. The van der Waals surface area contributed by atoms with E-state index < -0.39 is 6.36 Å². The van der Waals surface area contributed by atoms with Gasteiger partial charge in [-0.1, -0.05) is 19.1 Å². The first kappa shape index (κ1) is 16.8. The number of rotatable bonds is 7. The van der Waals surface area contributed by atoms with Gasteiger partial charge in [0.15, 0.2) is 0 Å². The first-order valence-electron chi connectivity index (χ1n) is 6.52. The van der Waals surface area contributed by atoms with Gasteiger partial charge in [-0.3, -0.25) is 4.90 Å². The lowest BCUT2D eigenvalue weighted by molar-refractivity contribution is -0.274. The van der Waals surface area contributed by atoms with E-state index in [1.165, 1.54) is 12.1 Å². The van der Waals surface area contributed by atoms with E-state index in [1.807, 2.05) is 14.1 Å². The number of hydrogen-bond acceptors (Lipinski definition) is 3. The lowest BCUT2D eigenvalue weighted by atomic mass is 10.2. The number of ether oxygens (including phenoxy) is 1. The maximum Gasteiger partial charge on any atom is 0.573 e. The molecule has 0 unspecified atom stereocenters. The number of benzene rings is 1. The molecule has 1 aromatic carbocycles. The SMILES string of the molecule is CCN(CCN(C)C)Cc1ccc(OC(F)(F)F)cc1. The van der Waals surface area contributed by atoms with Crippen LogP contribution in [-0.4, -0.2) is 49.9 Å². The standard InChI is InChI=1S/C14H21F3N2O/c1-4-19(10-9-18(2)3)11-12-5-7-13(8-6-12)20-14(15,16)17/h5-8H,4,9-11H2,1-3H3. The first-order chi connectivity index (χ1) is 9.30. The number of likely N-dealkylation sites (N-methyl/N-ethyl adjacent to an activating group) is 2. The van der Waals surface area contributed by atoms with Crippen LogP contribution >= 0.6 is 0 Å². The second kappa shape index (κ2) is 7.50. The van der Waals surface area contributed by atoms with Gasteiger partial charge in [0.25, 0.3) is 0 Å². The molecule has 0 heterocycles. The Kier molecular flexibility index (Phi) is 6.29. The molecule has 0 aliphatic carbocycles. The summed E-state index contributed by atoms with van der Waals surface area (Å²) in [7, 11) is 4.02. The van der Waals surface area contributed by atoms with E-state index in [0.717, 1.165) is 31.7 Å². The molecule has 0 aliphatic rings. The Morgan fingerprint density at radius 3 is 2.10 bits per heavy atom. The van der Waals surface area contributed by atoms with Crippen LogP contribution in [0.2, 0.25) is 0 Å². The van der Waals surface area contributed by atoms with Crippen LogP contribution in [0.4, 0.5) is 13.2 Å². The molecule has 0 amide bonds. The van der Waals surface area contributed by atoms with Crippen molar-refractivity contribution in [2.45, 2.75) is 19.8 Å². The van der Waals surface area contributed by atoms with Crippen LogP contribution in [0.15, 0.2) is 24.3 Å². The maximum atomic E-state index is 12.0. The molecule has 6 heteroatoms. The lowest BCUT2D eigenvalue weighted by Crippen LogP contribution is -2.31. The summed E-state index contributed by atoms with van der Waals surface area (Å²) in [5.74, 6) is -0.183. The van der Waals surface area contributed by atoms with Gasteiger partial charge in [-0.25, -0.2) is 0 Å². The molecule has 0 fully saturated rings. The van der Waals surface area contributed by atoms with E-state index in [1.54, 1.807) is 12.1 Å². The minimum atomic E-state index is -4.64. The van der Waals surface area contributed by atoms with Crippen molar-refractivity contribution in [3.8, 4) is 5.75 Å². The van der Waals surface area contributed by atoms with Crippen molar-refractivity contribution in [3.63, 3.8) is 0 Å². The fraction of sp³-hybridized carbons (Fsp3) is 0.571. The highest BCUT2D eigenvalue weighted by atomic mass is 19.4. The van der Waals surface area contributed by atoms with Crippen LogP contribution < -0.4 is 4.74 Å². The van der Waals surface area contributed by atoms with E-state index in [4.69, 9.17) is 0 Å². The summed E-state index contributed by atoms with van der Waals surface area (Å²) in [4.78, 5) is 4.34. The molecule has 1 rings (SSSR count). The molecule has 114 valence electrons. The third-order valence-electron chi connectivity index (χ3n) is 2.87. The Morgan fingerprint density at radius 2 is 1.65 bits per heavy atom. The van der Waals surface area contributed by atoms with Gasteiger partial charge in [-0.15, -0.1) is 13.2 Å². The van der Waals surface area contributed by atoms with Crippen LogP contribution in [-0.2, 0) is 6.54 Å². The van der Waals surface area contributed by atoms with Gasteiger partial charge in [-0.05, 0) is 38.3 Å². The molecule has 0 saturated heterocycles. The van der Waals surface area contributed by atoms with Crippen molar-refractivity contribution in [1.82, 2.24) is 9.80 Å². The number of alkyl halides is 3. The van der Waals surface area contributed by atoms with Crippen molar-refractivity contribution in [2.24, 2.45) is 0 Å². The summed E-state index contributed by atoms with van der Waals surface area (Å²) in [6.45, 7) is 5.55. The van der Waals surface area contributed by atoms with Crippen molar-refractivity contribution < 1.29 is 17.9 Å². The molecule has 0 atom stereocenters. The van der Waals surface area contributed by atoms with Crippen molar-refractivity contribution in [1.29, 1.82) is 0 Å². The van der Waals surface area contributed by atoms with E-state index in [2.05, 4.69) is 21.5 Å². The van der Waals surface area contributed by atoms with Crippen molar-refractivity contribution >= 4 is 0 Å². The maximum absolute atomic E-state index is 12.0. The highest BCUT2D eigenvalue weighted by Crippen LogP contribution is 2.23. The summed E-state index contributed by atoms with van der Waals surface area (Å²) in [5, 5.41) is 0. The van der Waals surface area contributed by atoms with Crippen LogP contribution in [0.25, 0.3) is 0 Å². The molecular formula is C14H21F3N2O. The monoisotopic (exact) mass is 290 g/mol. The zero-order valence-corrected chi connectivity index (χ0v) is 12.1. The zero-order chi connectivity index (χ0) is 15.2. The van der Waals surface area contributed by atoms with Crippen LogP contribution in [0.1, 0.15) is 12.5 Å². The smallest absolute Gasteiger partial charge is 0.406 e. The van der Waals surface area contributed by atoms with Gasteiger partial charge in [0.05, 0.1) is 0 Å². The van der Waals surface area contributed by atoms with E-state index in [9.17, 15) is 13.2 Å². The molecule has 0 radical (unpaired) electrons. The molecule has 0 spiro atoms. The Hall–Kier alpha value is -1.27. The Morgan fingerprint density at radius 1 is 1.05 bits per heavy atom. The lowest BCUT2D eigenvalue weighted by Gasteiger charge is -2.22. The van der Waals surface area contributed by atoms with Crippen molar-refractivity contribution in [3.05, 3.63) is 29.8 Å². The predicted octanol–water partition coefficient (Wildman–Crippen LogP) is 2.97. The minimum absolute atomic E-state index is 0.183. The predicted molar refractivity (Wildman–Crippen MR) is 72.6 cm³/mol. The van der Waals surface area contributed by atoms with E-state index >= 15 is 0 Å². The third-order valence-corrected chi connectivity index (χ3v) is 2.87. The second-order valence-electron chi connectivity index (χ2n) is 4.86. The highest BCUT2D eigenvalue weighted by molar-refractivity contribution is 5.27. The van der Waals surface area contributed by atoms with Gasteiger partial charge in [0, 0.05) is 19.6 Å². The average Bonchev–Trinajstić information content (AvgIpc) is 2.34. The quantitative estimate of drug-likeness (QED) is 0.768. The van der Waals surface area contributed by atoms with Crippen LogP contribution in [0.5, 0.6) is 5.75 Å². The second-order valence-corrected chi connectivity index (χ2v) is 4.86. The molecule has 0 aliphatic heterocycles. The fourth-order valence-electron chi connectivity index (χ4n) is 1.75. The summed E-state index contributed by atoms with van der Waals surface area (Å²) in [6.07, 6.45) is -4.64. The third kappa shape index (κ3) is 6.77. The topological polar surface area (TPSA) is 15.7 Å². The molecular weight excluding hydrogens is 269 g/mol. The summed E-state index contributed by atoms with van der Waals surface area (Å²) in [6, 6.07) is 6.03. The normalized spacial score (nSPS) is 12.2. The molecule has 20 heavy (non-hydrogen) atoms. The largest absolute Gasteiger partial charge is 0.573 e. The molecule has 1 aromatic rings. The van der Waals surface area contributed by atoms with Gasteiger partial charge in [0.2, 0.25) is 0 Å². The summed E-state index contributed by atoms with van der Waals surface area (Å²) in [5.41, 5.74) is 0.972. The molecule has 3 nitrogen and oxygen atoms in total. The number of halogens is 3. The van der Waals surface area contributed by atoms with Crippen LogP contribution in [0.3, 0.4) is 0 Å². The van der Waals surface area contributed by atoms with E-state index in [0.29, 0.717) is 0 Å². The fourth-order valence-corrected chi connectivity index (χ4v) is 1.75.